The topological polar surface area (TPSA) is 72.8 Å². The normalized spacial score (nSPS) is 43.0. The average molecular weight is 361 g/mol. The summed E-state index contributed by atoms with van der Waals surface area (Å²) in [4.78, 5) is 0. The largest absolute Gasteiger partial charge is 0.378 e. The molecule has 24 heavy (non-hydrogen) atoms. The summed E-state index contributed by atoms with van der Waals surface area (Å²) in [6.07, 6.45) is 7.05. The van der Waals surface area contributed by atoms with Gasteiger partial charge in [-0.1, -0.05) is 12.8 Å². The van der Waals surface area contributed by atoms with E-state index in [1.54, 1.807) is 0 Å². The molecule has 1 N–H and O–H groups in total. The Balaban J connectivity index is 1.89. The molecule has 3 aliphatic rings. The van der Waals surface area contributed by atoms with Crippen LogP contribution in [0.15, 0.2) is 0 Å². The van der Waals surface area contributed by atoms with Crippen LogP contribution < -0.4 is 0 Å². The smallest absolute Gasteiger partial charge is 0.267 e. The Labute approximate surface area is 146 Å². The van der Waals surface area contributed by atoms with Crippen molar-refractivity contribution in [1.82, 2.24) is 0 Å². The van der Waals surface area contributed by atoms with Crippen LogP contribution in [0.4, 0.5) is 0 Å². The maximum atomic E-state index is 11.7. The Bertz CT molecular complexity index is 520. The van der Waals surface area contributed by atoms with E-state index >= 15 is 0 Å². The molecule has 0 saturated heterocycles. The van der Waals surface area contributed by atoms with Crippen molar-refractivity contribution < 1.29 is 22.4 Å². The Morgan fingerprint density at radius 3 is 1.83 bits per heavy atom. The molecular weight excluding hydrogens is 328 g/mol. The predicted octanol–water partition coefficient (Wildman–Crippen LogP) is 3.29. The van der Waals surface area contributed by atoms with E-state index in [2.05, 4.69) is 0 Å². The van der Waals surface area contributed by atoms with Gasteiger partial charge in [-0.3, -0.25) is 4.55 Å². The van der Waals surface area contributed by atoms with Crippen LogP contribution in [-0.2, 0) is 19.6 Å². The molecule has 3 saturated carbocycles. The van der Waals surface area contributed by atoms with Crippen molar-refractivity contribution in [3.05, 3.63) is 0 Å². The van der Waals surface area contributed by atoms with Crippen LogP contribution in [0, 0.1) is 23.7 Å². The van der Waals surface area contributed by atoms with Crippen LogP contribution in [0.5, 0.6) is 0 Å². The van der Waals surface area contributed by atoms with Gasteiger partial charge < -0.3 is 9.47 Å². The molecule has 6 heteroatoms. The summed E-state index contributed by atoms with van der Waals surface area (Å²) >= 11 is 0. The average Bonchev–Trinajstić information content (AvgIpc) is 2.56. The quantitative estimate of drug-likeness (QED) is 0.762. The maximum absolute atomic E-state index is 11.7. The van der Waals surface area contributed by atoms with E-state index in [9.17, 15) is 13.0 Å². The van der Waals surface area contributed by atoms with Crippen LogP contribution in [0.25, 0.3) is 0 Å². The zero-order chi connectivity index (χ0) is 17.3. The Kier molecular flexibility index (Phi) is 5.90. The van der Waals surface area contributed by atoms with Gasteiger partial charge in [-0.05, 0) is 69.6 Å². The van der Waals surface area contributed by atoms with E-state index in [-0.39, 0.29) is 18.1 Å². The molecule has 0 spiro atoms. The third-order valence-corrected chi connectivity index (χ3v) is 7.88. The molecule has 0 amide bonds. The second kappa shape index (κ2) is 7.60. The lowest BCUT2D eigenvalue weighted by Crippen LogP contribution is -2.57. The van der Waals surface area contributed by atoms with E-state index in [0.717, 1.165) is 12.8 Å². The first-order chi connectivity index (χ1) is 11.5. The van der Waals surface area contributed by atoms with Gasteiger partial charge in [-0.15, -0.1) is 0 Å². The van der Waals surface area contributed by atoms with Crippen molar-refractivity contribution in [2.75, 3.05) is 13.2 Å². The molecule has 140 valence electrons. The monoisotopic (exact) mass is 360 g/mol. The number of hydrogen-bond donors (Lipinski definition) is 1. The summed E-state index contributed by atoms with van der Waals surface area (Å²) in [5.41, 5.74) is 0. The second-order valence-corrected chi connectivity index (χ2v) is 9.43. The fourth-order valence-electron chi connectivity index (χ4n) is 5.76. The number of hydrogen-bond acceptors (Lipinski definition) is 4. The summed E-state index contributed by atoms with van der Waals surface area (Å²) < 4.78 is 45.3. The van der Waals surface area contributed by atoms with Crippen LogP contribution >= 0.6 is 0 Å². The summed E-state index contributed by atoms with van der Waals surface area (Å²) in [7, 11) is -3.97. The van der Waals surface area contributed by atoms with Crippen molar-refractivity contribution in [3.8, 4) is 0 Å². The van der Waals surface area contributed by atoms with E-state index in [4.69, 9.17) is 9.47 Å². The Morgan fingerprint density at radius 2 is 1.33 bits per heavy atom. The summed E-state index contributed by atoms with van der Waals surface area (Å²) in [6, 6.07) is 0. The molecule has 0 radical (unpaired) electrons. The van der Waals surface area contributed by atoms with Crippen molar-refractivity contribution in [2.45, 2.75) is 76.3 Å². The first kappa shape index (κ1) is 18.6. The SMILES string of the molecule is CCOC1C2CCCCC2C(OCC)C2CC(S(=O)(=O)O)CCC21. The number of fused-ring (bicyclic) bond motifs is 2. The van der Waals surface area contributed by atoms with Gasteiger partial charge in [0.1, 0.15) is 0 Å². The van der Waals surface area contributed by atoms with Gasteiger partial charge in [0.2, 0.25) is 0 Å². The highest BCUT2D eigenvalue weighted by Crippen LogP contribution is 2.53. The highest BCUT2D eigenvalue weighted by atomic mass is 32.2. The molecule has 3 aliphatic carbocycles. The minimum absolute atomic E-state index is 0.117. The summed E-state index contributed by atoms with van der Waals surface area (Å²) in [5, 5.41) is -0.635. The van der Waals surface area contributed by atoms with Gasteiger partial charge in [0.25, 0.3) is 10.1 Å². The van der Waals surface area contributed by atoms with E-state index in [1.807, 2.05) is 13.8 Å². The fourth-order valence-corrected chi connectivity index (χ4v) is 6.66. The molecule has 0 aromatic rings. The molecule has 3 fully saturated rings. The van der Waals surface area contributed by atoms with Gasteiger partial charge in [-0.2, -0.15) is 8.42 Å². The van der Waals surface area contributed by atoms with Gasteiger partial charge in [0, 0.05) is 13.2 Å². The zero-order valence-electron chi connectivity index (χ0n) is 14.9. The molecule has 7 unspecified atom stereocenters. The third kappa shape index (κ3) is 3.53. The van der Waals surface area contributed by atoms with Gasteiger partial charge in [-0.25, -0.2) is 0 Å². The molecular formula is C18H32O5S. The minimum atomic E-state index is -3.97. The molecule has 0 aliphatic heterocycles. The molecule has 0 bridgehead atoms. The Hall–Kier alpha value is -0.170. The number of rotatable bonds is 5. The molecule has 0 aromatic heterocycles. The summed E-state index contributed by atoms with van der Waals surface area (Å²) in [6.45, 7) is 5.43. The highest BCUT2D eigenvalue weighted by molar-refractivity contribution is 7.86. The highest BCUT2D eigenvalue weighted by Gasteiger charge is 2.54. The van der Waals surface area contributed by atoms with Crippen LogP contribution in [0.3, 0.4) is 0 Å². The first-order valence-corrected chi connectivity index (χ1v) is 11.2. The van der Waals surface area contributed by atoms with Crippen LogP contribution in [0.1, 0.15) is 58.8 Å². The first-order valence-electron chi connectivity index (χ1n) is 9.66. The van der Waals surface area contributed by atoms with E-state index < -0.39 is 15.4 Å². The molecule has 0 heterocycles. The van der Waals surface area contributed by atoms with Gasteiger partial charge >= 0.3 is 0 Å². The maximum Gasteiger partial charge on any atom is 0.267 e. The van der Waals surface area contributed by atoms with E-state index in [1.165, 1.54) is 19.3 Å². The lowest BCUT2D eigenvalue weighted by molar-refractivity contribution is -0.177. The van der Waals surface area contributed by atoms with Crippen molar-refractivity contribution in [2.24, 2.45) is 23.7 Å². The number of ether oxygens (including phenoxy) is 2. The fraction of sp³-hybridized carbons (Fsp3) is 1.00. The van der Waals surface area contributed by atoms with Crippen molar-refractivity contribution in [3.63, 3.8) is 0 Å². The van der Waals surface area contributed by atoms with Crippen LogP contribution in [0.2, 0.25) is 0 Å². The van der Waals surface area contributed by atoms with Crippen LogP contribution in [-0.4, -0.2) is 43.6 Å². The predicted molar refractivity (Wildman–Crippen MR) is 92.4 cm³/mol. The molecule has 0 aromatic carbocycles. The Morgan fingerprint density at radius 1 is 0.833 bits per heavy atom. The molecule has 3 rings (SSSR count). The minimum Gasteiger partial charge on any atom is -0.378 e. The third-order valence-electron chi connectivity index (χ3n) is 6.61. The standard InChI is InChI=1S/C18H32O5S/c1-3-22-17-13-7-5-6-8-14(13)18(23-4-2)16-11-12(24(19,20)21)9-10-15(16)17/h12-18H,3-11H2,1-2H3,(H,19,20,21). The van der Waals surface area contributed by atoms with Crippen molar-refractivity contribution >= 4 is 10.1 Å². The lowest BCUT2D eigenvalue weighted by atomic mass is 9.56. The second-order valence-electron chi connectivity index (χ2n) is 7.73. The molecule has 5 nitrogen and oxygen atoms in total. The lowest BCUT2D eigenvalue weighted by Gasteiger charge is -2.55. The zero-order valence-corrected chi connectivity index (χ0v) is 15.7. The van der Waals surface area contributed by atoms with Gasteiger partial charge in [0.15, 0.2) is 0 Å². The van der Waals surface area contributed by atoms with Crippen molar-refractivity contribution in [1.29, 1.82) is 0 Å². The molecule has 7 atom stereocenters. The summed E-state index contributed by atoms with van der Waals surface area (Å²) in [5.74, 6) is 1.55. The van der Waals surface area contributed by atoms with Gasteiger partial charge in [0.05, 0.1) is 17.5 Å². The van der Waals surface area contributed by atoms with E-state index in [0.29, 0.717) is 43.8 Å².